The van der Waals surface area contributed by atoms with Crippen molar-refractivity contribution in [2.24, 2.45) is 0 Å². The van der Waals surface area contributed by atoms with E-state index >= 15 is 0 Å². The number of nitrogens with zero attached hydrogens (tertiary/aromatic N) is 1. The fraction of sp³-hybridized carbons (Fsp3) is 0.417. The number of aliphatic hydroxyl groups is 1. The summed E-state index contributed by atoms with van der Waals surface area (Å²) in [6, 6.07) is 3.73. The second kappa shape index (κ2) is 5.65. The summed E-state index contributed by atoms with van der Waals surface area (Å²) in [6.45, 7) is 1.86. The van der Waals surface area contributed by atoms with E-state index < -0.39 is 0 Å². The van der Waals surface area contributed by atoms with E-state index in [-0.39, 0.29) is 42.0 Å². The first kappa shape index (κ1) is 13.5. The predicted octanol–water partition coefficient (Wildman–Crippen LogP) is 0.593. The van der Waals surface area contributed by atoms with E-state index in [0.717, 1.165) is 6.07 Å². The van der Waals surface area contributed by atoms with Crippen LogP contribution >= 0.6 is 0 Å². The summed E-state index contributed by atoms with van der Waals surface area (Å²) in [5, 5.41) is 27.6. The third kappa shape index (κ3) is 3.44. The molecule has 1 aromatic rings. The molecule has 5 heteroatoms. The van der Waals surface area contributed by atoms with Gasteiger partial charge < -0.3 is 15.3 Å². The molecule has 94 valence electrons. The van der Waals surface area contributed by atoms with Crippen molar-refractivity contribution >= 4 is 5.78 Å². The topological polar surface area (TPSA) is 81.0 Å². The second-order valence-electron chi connectivity index (χ2n) is 4.07. The van der Waals surface area contributed by atoms with E-state index in [0.29, 0.717) is 0 Å². The molecule has 0 fully saturated rings. The van der Waals surface area contributed by atoms with Gasteiger partial charge in [0.15, 0.2) is 5.78 Å². The minimum Gasteiger partial charge on any atom is -0.508 e. The van der Waals surface area contributed by atoms with E-state index in [1.54, 1.807) is 18.9 Å². The van der Waals surface area contributed by atoms with Crippen LogP contribution in [0.15, 0.2) is 18.2 Å². The molecular weight excluding hydrogens is 222 g/mol. The van der Waals surface area contributed by atoms with Gasteiger partial charge in [-0.3, -0.25) is 9.69 Å². The van der Waals surface area contributed by atoms with Crippen LogP contribution in [0.5, 0.6) is 11.5 Å². The van der Waals surface area contributed by atoms with Gasteiger partial charge >= 0.3 is 0 Å². The molecular formula is C12H17NO4. The highest BCUT2D eigenvalue weighted by Gasteiger charge is 2.16. The SMILES string of the molecule is CC(CO)N(C)CC(=O)c1ccc(O)cc1O. The Bertz CT molecular complexity index is 405. The molecule has 3 N–H and O–H groups in total. The summed E-state index contributed by atoms with van der Waals surface area (Å²) < 4.78 is 0. The summed E-state index contributed by atoms with van der Waals surface area (Å²) in [5.41, 5.74) is 0.166. The van der Waals surface area contributed by atoms with Gasteiger partial charge in [-0.2, -0.15) is 0 Å². The Labute approximate surface area is 99.9 Å². The van der Waals surface area contributed by atoms with Crippen molar-refractivity contribution in [1.82, 2.24) is 4.90 Å². The number of aliphatic hydroxyl groups excluding tert-OH is 1. The third-order valence-corrected chi connectivity index (χ3v) is 2.69. The number of likely N-dealkylation sites (N-methyl/N-ethyl adjacent to an activating group) is 1. The molecule has 0 aliphatic rings. The Morgan fingerprint density at radius 1 is 1.41 bits per heavy atom. The highest BCUT2D eigenvalue weighted by molar-refractivity contribution is 6.00. The molecule has 5 nitrogen and oxygen atoms in total. The zero-order valence-corrected chi connectivity index (χ0v) is 9.92. The third-order valence-electron chi connectivity index (χ3n) is 2.69. The Hall–Kier alpha value is -1.59. The van der Waals surface area contributed by atoms with E-state index in [9.17, 15) is 9.90 Å². The Balaban J connectivity index is 2.76. The number of Topliss-reactive ketones (excluding diaryl/α,β-unsaturated/α-hetero) is 1. The molecule has 0 spiro atoms. The smallest absolute Gasteiger partial charge is 0.180 e. The van der Waals surface area contributed by atoms with Crippen LogP contribution in [-0.4, -0.2) is 52.2 Å². The molecule has 0 saturated carbocycles. The first-order valence-corrected chi connectivity index (χ1v) is 5.32. The molecule has 0 amide bonds. The van der Waals surface area contributed by atoms with Crippen LogP contribution < -0.4 is 0 Å². The van der Waals surface area contributed by atoms with Crippen molar-refractivity contribution in [2.45, 2.75) is 13.0 Å². The number of ketones is 1. The lowest BCUT2D eigenvalue weighted by atomic mass is 10.1. The second-order valence-corrected chi connectivity index (χ2v) is 4.07. The average molecular weight is 239 g/mol. The molecule has 0 aromatic heterocycles. The van der Waals surface area contributed by atoms with Gasteiger partial charge in [0.1, 0.15) is 11.5 Å². The number of rotatable bonds is 5. The van der Waals surface area contributed by atoms with Gasteiger partial charge in [0.25, 0.3) is 0 Å². The minimum atomic E-state index is -0.259. The molecule has 1 unspecified atom stereocenters. The van der Waals surface area contributed by atoms with E-state index in [4.69, 9.17) is 10.2 Å². The summed E-state index contributed by atoms with van der Waals surface area (Å²) >= 11 is 0. The lowest BCUT2D eigenvalue weighted by Crippen LogP contribution is -2.36. The van der Waals surface area contributed by atoms with Crippen molar-refractivity contribution in [3.05, 3.63) is 23.8 Å². The van der Waals surface area contributed by atoms with Gasteiger partial charge in [-0.1, -0.05) is 0 Å². The maximum absolute atomic E-state index is 11.8. The van der Waals surface area contributed by atoms with Gasteiger partial charge in [0, 0.05) is 12.1 Å². The van der Waals surface area contributed by atoms with Crippen LogP contribution in [0.2, 0.25) is 0 Å². The normalized spacial score (nSPS) is 12.7. The summed E-state index contributed by atoms with van der Waals surface area (Å²) in [5.74, 6) is -0.582. The van der Waals surface area contributed by atoms with Crippen LogP contribution in [0, 0.1) is 0 Å². The largest absolute Gasteiger partial charge is 0.508 e. The van der Waals surface area contributed by atoms with E-state index in [1.165, 1.54) is 12.1 Å². The standard InChI is InChI=1S/C12H17NO4/c1-8(7-14)13(2)6-12(17)10-4-3-9(15)5-11(10)16/h3-5,8,14-16H,6-7H2,1-2H3. The van der Waals surface area contributed by atoms with Crippen LogP contribution in [0.25, 0.3) is 0 Å². The molecule has 0 aliphatic carbocycles. The maximum Gasteiger partial charge on any atom is 0.180 e. The quantitative estimate of drug-likeness (QED) is 0.655. The number of hydrogen-bond donors (Lipinski definition) is 3. The number of benzene rings is 1. The number of phenolic OH excluding ortho intramolecular Hbond substituents is 2. The van der Waals surface area contributed by atoms with Crippen molar-refractivity contribution in [1.29, 1.82) is 0 Å². The molecule has 1 aromatic carbocycles. The number of aromatic hydroxyl groups is 2. The van der Waals surface area contributed by atoms with Crippen molar-refractivity contribution in [3.8, 4) is 11.5 Å². The van der Waals surface area contributed by atoms with E-state index in [2.05, 4.69) is 0 Å². The summed E-state index contributed by atoms with van der Waals surface area (Å²) in [7, 11) is 1.72. The highest BCUT2D eigenvalue weighted by Crippen LogP contribution is 2.23. The van der Waals surface area contributed by atoms with Gasteiger partial charge in [-0.05, 0) is 26.1 Å². The van der Waals surface area contributed by atoms with Crippen molar-refractivity contribution < 1.29 is 20.1 Å². The number of phenols is 2. The van der Waals surface area contributed by atoms with Gasteiger partial charge in [-0.15, -0.1) is 0 Å². The molecule has 0 aliphatic heterocycles. The maximum atomic E-state index is 11.8. The van der Waals surface area contributed by atoms with Crippen LogP contribution in [0.1, 0.15) is 17.3 Å². The minimum absolute atomic E-state index is 0.0364. The van der Waals surface area contributed by atoms with Crippen LogP contribution in [0.3, 0.4) is 0 Å². The van der Waals surface area contributed by atoms with Gasteiger partial charge in [0.05, 0.1) is 18.7 Å². The monoisotopic (exact) mass is 239 g/mol. The molecule has 0 heterocycles. The molecule has 1 atom stereocenters. The zero-order chi connectivity index (χ0) is 13.0. The van der Waals surface area contributed by atoms with Crippen molar-refractivity contribution in [2.75, 3.05) is 20.2 Å². The average Bonchev–Trinajstić information content (AvgIpc) is 2.27. The van der Waals surface area contributed by atoms with Crippen LogP contribution in [-0.2, 0) is 0 Å². The van der Waals surface area contributed by atoms with E-state index in [1.807, 2.05) is 0 Å². The first-order chi connectivity index (χ1) is 7.95. The fourth-order valence-corrected chi connectivity index (χ4v) is 1.36. The molecule has 0 saturated heterocycles. The highest BCUT2D eigenvalue weighted by atomic mass is 16.3. The Kier molecular flexibility index (Phi) is 4.48. The molecule has 17 heavy (non-hydrogen) atoms. The summed E-state index contributed by atoms with van der Waals surface area (Å²) in [6.07, 6.45) is 0. The lowest BCUT2D eigenvalue weighted by Gasteiger charge is -2.21. The number of carbonyl (C=O) groups is 1. The fourth-order valence-electron chi connectivity index (χ4n) is 1.36. The van der Waals surface area contributed by atoms with Crippen molar-refractivity contribution in [3.63, 3.8) is 0 Å². The number of carbonyl (C=O) groups excluding carboxylic acids is 1. The molecule has 1 rings (SSSR count). The predicted molar refractivity (Wildman–Crippen MR) is 63.3 cm³/mol. The zero-order valence-electron chi connectivity index (χ0n) is 9.92. The Morgan fingerprint density at radius 3 is 2.59 bits per heavy atom. The molecule has 0 radical (unpaired) electrons. The first-order valence-electron chi connectivity index (χ1n) is 5.32. The molecule has 0 bridgehead atoms. The number of hydrogen-bond acceptors (Lipinski definition) is 5. The summed E-state index contributed by atoms with van der Waals surface area (Å²) in [4.78, 5) is 13.5. The van der Waals surface area contributed by atoms with Gasteiger partial charge in [-0.25, -0.2) is 0 Å². The van der Waals surface area contributed by atoms with Crippen LogP contribution in [0.4, 0.5) is 0 Å². The van der Waals surface area contributed by atoms with Gasteiger partial charge in [0.2, 0.25) is 0 Å². The Morgan fingerprint density at radius 2 is 2.06 bits per heavy atom. The lowest BCUT2D eigenvalue weighted by molar-refractivity contribution is 0.0888.